The minimum atomic E-state index is -0.0306. The molecule has 0 saturated heterocycles. The lowest BCUT2D eigenvalue weighted by molar-refractivity contribution is -0.120. The van der Waals surface area contributed by atoms with E-state index in [4.69, 9.17) is 9.47 Å². The second-order valence-corrected chi connectivity index (χ2v) is 5.92. The van der Waals surface area contributed by atoms with Gasteiger partial charge in [-0.25, -0.2) is 0 Å². The highest BCUT2D eigenvalue weighted by atomic mass is 16.5. The van der Waals surface area contributed by atoms with Gasteiger partial charge in [-0.1, -0.05) is 24.3 Å². The van der Waals surface area contributed by atoms with Crippen molar-refractivity contribution < 1.29 is 14.3 Å². The fourth-order valence-electron chi connectivity index (χ4n) is 2.99. The Hall–Kier alpha value is -2.95. The van der Waals surface area contributed by atoms with E-state index < -0.39 is 0 Å². The van der Waals surface area contributed by atoms with Gasteiger partial charge < -0.3 is 19.8 Å². The van der Waals surface area contributed by atoms with Crippen LogP contribution < -0.4 is 14.8 Å². The van der Waals surface area contributed by atoms with Gasteiger partial charge in [0.2, 0.25) is 5.91 Å². The number of rotatable bonds is 6. The molecule has 1 heterocycles. The van der Waals surface area contributed by atoms with Crippen molar-refractivity contribution >= 4 is 16.8 Å². The van der Waals surface area contributed by atoms with Gasteiger partial charge in [-0.2, -0.15) is 0 Å². The predicted molar refractivity (Wildman–Crippen MR) is 98.1 cm³/mol. The Morgan fingerprint density at radius 2 is 1.84 bits per heavy atom. The number of methoxy groups -OCH3 is 2. The van der Waals surface area contributed by atoms with Crippen molar-refractivity contribution in [2.75, 3.05) is 14.2 Å². The molecule has 0 unspecified atom stereocenters. The number of amides is 1. The van der Waals surface area contributed by atoms with E-state index in [0.717, 1.165) is 27.7 Å². The zero-order chi connectivity index (χ0) is 17.8. The van der Waals surface area contributed by atoms with Crippen LogP contribution >= 0.6 is 0 Å². The van der Waals surface area contributed by atoms with Gasteiger partial charge in [0.15, 0.2) is 11.5 Å². The van der Waals surface area contributed by atoms with Gasteiger partial charge in [0, 0.05) is 23.1 Å². The van der Waals surface area contributed by atoms with Gasteiger partial charge in [-0.15, -0.1) is 0 Å². The molecular formula is C20H22N2O3. The number of aromatic nitrogens is 1. The Morgan fingerprint density at radius 3 is 2.60 bits per heavy atom. The molecule has 0 atom stereocenters. The van der Waals surface area contributed by atoms with E-state index >= 15 is 0 Å². The number of H-pyrrole nitrogens is 1. The Kier molecular flexibility index (Phi) is 4.93. The number of benzene rings is 2. The van der Waals surface area contributed by atoms with Crippen LogP contribution in [0.3, 0.4) is 0 Å². The third-order valence-corrected chi connectivity index (χ3v) is 4.30. The molecule has 0 aliphatic rings. The van der Waals surface area contributed by atoms with Crippen molar-refractivity contribution in [2.24, 2.45) is 0 Å². The average Bonchev–Trinajstić information content (AvgIpc) is 2.95. The fourth-order valence-corrected chi connectivity index (χ4v) is 2.99. The summed E-state index contributed by atoms with van der Waals surface area (Å²) in [6.45, 7) is 2.53. The van der Waals surface area contributed by atoms with Gasteiger partial charge in [-0.05, 0) is 36.2 Å². The minimum absolute atomic E-state index is 0.0306. The summed E-state index contributed by atoms with van der Waals surface area (Å²) in [7, 11) is 3.18. The monoisotopic (exact) mass is 338 g/mol. The Morgan fingerprint density at radius 1 is 1.08 bits per heavy atom. The molecule has 0 fully saturated rings. The number of nitrogens with one attached hydrogen (secondary N) is 2. The van der Waals surface area contributed by atoms with Gasteiger partial charge >= 0.3 is 0 Å². The highest BCUT2D eigenvalue weighted by Gasteiger charge is 2.11. The molecule has 2 N–H and O–H groups in total. The van der Waals surface area contributed by atoms with Gasteiger partial charge in [0.25, 0.3) is 0 Å². The molecule has 25 heavy (non-hydrogen) atoms. The molecule has 1 amide bonds. The predicted octanol–water partition coefficient (Wildman–Crippen LogP) is 3.35. The number of hydrogen-bond donors (Lipinski definition) is 2. The van der Waals surface area contributed by atoms with E-state index in [0.29, 0.717) is 24.5 Å². The first-order valence-electron chi connectivity index (χ1n) is 8.16. The zero-order valence-corrected chi connectivity index (χ0v) is 14.7. The summed E-state index contributed by atoms with van der Waals surface area (Å²) in [5.41, 5.74) is 4.17. The third-order valence-electron chi connectivity index (χ3n) is 4.30. The molecule has 0 radical (unpaired) electrons. The second kappa shape index (κ2) is 7.30. The van der Waals surface area contributed by atoms with Crippen LogP contribution in [0.15, 0.2) is 42.5 Å². The van der Waals surface area contributed by atoms with Gasteiger partial charge in [0.1, 0.15) is 0 Å². The van der Waals surface area contributed by atoms with Crippen molar-refractivity contribution in [1.29, 1.82) is 0 Å². The van der Waals surface area contributed by atoms with Crippen LogP contribution in [0.2, 0.25) is 0 Å². The number of ether oxygens (including phenoxy) is 2. The Balaban J connectivity index is 1.68. The van der Waals surface area contributed by atoms with E-state index in [1.807, 2.05) is 43.3 Å². The number of fused-ring (bicyclic) bond motifs is 1. The summed E-state index contributed by atoms with van der Waals surface area (Å²) in [5.74, 6) is 1.25. The van der Waals surface area contributed by atoms with Crippen LogP contribution in [-0.4, -0.2) is 25.1 Å². The molecule has 3 aromatic rings. The average molecular weight is 338 g/mol. The minimum Gasteiger partial charge on any atom is -0.493 e. The van der Waals surface area contributed by atoms with E-state index in [1.54, 1.807) is 14.2 Å². The lowest BCUT2D eigenvalue weighted by Crippen LogP contribution is -2.24. The first-order valence-corrected chi connectivity index (χ1v) is 8.16. The second-order valence-electron chi connectivity index (χ2n) is 5.92. The number of hydrogen-bond acceptors (Lipinski definition) is 3. The van der Waals surface area contributed by atoms with Crippen LogP contribution in [0, 0.1) is 6.92 Å². The maximum absolute atomic E-state index is 12.3. The molecule has 0 saturated carbocycles. The van der Waals surface area contributed by atoms with Gasteiger partial charge in [-0.3, -0.25) is 4.79 Å². The number of para-hydroxylation sites is 1. The van der Waals surface area contributed by atoms with E-state index in [-0.39, 0.29) is 5.91 Å². The maximum atomic E-state index is 12.3. The summed E-state index contributed by atoms with van der Waals surface area (Å²) < 4.78 is 10.5. The summed E-state index contributed by atoms with van der Waals surface area (Å²) >= 11 is 0. The number of aromatic amines is 1. The fraction of sp³-hybridized carbons (Fsp3) is 0.250. The molecule has 0 spiro atoms. The first kappa shape index (κ1) is 16.9. The number of carbonyl (C=O) groups excluding carboxylic acids is 1. The van der Waals surface area contributed by atoms with E-state index in [9.17, 15) is 4.79 Å². The van der Waals surface area contributed by atoms with Crippen LogP contribution in [0.25, 0.3) is 10.9 Å². The first-order chi connectivity index (χ1) is 12.1. The molecule has 130 valence electrons. The van der Waals surface area contributed by atoms with Crippen molar-refractivity contribution in [3.63, 3.8) is 0 Å². The molecule has 0 aliphatic carbocycles. The smallest absolute Gasteiger partial charge is 0.224 e. The highest BCUT2D eigenvalue weighted by Crippen LogP contribution is 2.27. The number of carbonyl (C=O) groups is 1. The Labute approximate surface area is 147 Å². The topological polar surface area (TPSA) is 63.3 Å². The lowest BCUT2D eigenvalue weighted by Gasteiger charge is -2.10. The van der Waals surface area contributed by atoms with Crippen molar-refractivity contribution in [3.05, 3.63) is 59.3 Å². The molecule has 1 aromatic heterocycles. The normalized spacial score (nSPS) is 10.7. The van der Waals surface area contributed by atoms with Crippen LogP contribution in [0.4, 0.5) is 0 Å². The summed E-state index contributed by atoms with van der Waals surface area (Å²) in [6.07, 6.45) is 0.293. The lowest BCUT2D eigenvalue weighted by atomic mass is 10.1. The largest absolute Gasteiger partial charge is 0.493 e. The van der Waals surface area contributed by atoms with Crippen LogP contribution in [-0.2, 0) is 17.8 Å². The summed E-state index contributed by atoms with van der Waals surface area (Å²) in [5, 5.41) is 4.15. The Bertz CT molecular complexity index is 899. The van der Waals surface area contributed by atoms with Crippen LogP contribution in [0.1, 0.15) is 16.8 Å². The van der Waals surface area contributed by atoms with Crippen molar-refractivity contribution in [3.8, 4) is 11.5 Å². The quantitative estimate of drug-likeness (QED) is 0.724. The van der Waals surface area contributed by atoms with Crippen molar-refractivity contribution in [1.82, 2.24) is 10.3 Å². The molecule has 0 aliphatic heterocycles. The van der Waals surface area contributed by atoms with Crippen LogP contribution in [0.5, 0.6) is 11.5 Å². The summed E-state index contributed by atoms with van der Waals surface area (Å²) in [6, 6.07) is 13.6. The SMILES string of the molecule is COc1ccc(CC(=O)NCc2c(C)[nH]c3ccccc23)cc1OC. The standard InChI is InChI=1S/C20H22N2O3/c1-13-16(15-6-4-5-7-17(15)22-13)12-21-20(23)11-14-8-9-18(24-2)19(10-14)25-3/h4-10,22H,11-12H2,1-3H3,(H,21,23). The molecule has 0 bridgehead atoms. The molecule has 3 rings (SSSR count). The molecular weight excluding hydrogens is 316 g/mol. The van der Waals surface area contributed by atoms with E-state index in [1.165, 1.54) is 0 Å². The molecule has 5 heteroatoms. The maximum Gasteiger partial charge on any atom is 0.224 e. The van der Waals surface area contributed by atoms with Crippen molar-refractivity contribution in [2.45, 2.75) is 19.9 Å². The van der Waals surface area contributed by atoms with E-state index in [2.05, 4.69) is 16.4 Å². The summed E-state index contributed by atoms with van der Waals surface area (Å²) in [4.78, 5) is 15.7. The zero-order valence-electron chi connectivity index (χ0n) is 14.7. The molecule has 5 nitrogen and oxygen atoms in total. The van der Waals surface area contributed by atoms with Gasteiger partial charge in [0.05, 0.1) is 20.6 Å². The third kappa shape index (κ3) is 3.60. The number of aryl methyl sites for hydroxylation is 1. The molecule has 2 aromatic carbocycles. The highest BCUT2D eigenvalue weighted by molar-refractivity contribution is 5.85.